The lowest BCUT2D eigenvalue weighted by atomic mass is 10.0. The lowest BCUT2D eigenvalue weighted by molar-refractivity contribution is -0.274. The lowest BCUT2D eigenvalue weighted by Crippen LogP contribution is -2.16. The van der Waals surface area contributed by atoms with E-state index < -0.39 is 6.36 Å². The molecule has 1 aromatic heterocycles. The highest BCUT2D eigenvalue weighted by molar-refractivity contribution is 5.91. The van der Waals surface area contributed by atoms with Crippen molar-refractivity contribution in [1.82, 2.24) is 5.16 Å². The van der Waals surface area contributed by atoms with Crippen molar-refractivity contribution in [2.24, 2.45) is 5.92 Å². The van der Waals surface area contributed by atoms with Gasteiger partial charge in [0, 0.05) is 6.54 Å². The Bertz CT molecular complexity index is 883. The van der Waals surface area contributed by atoms with Crippen LogP contribution in [-0.2, 0) is 0 Å². The zero-order chi connectivity index (χ0) is 17.4. The minimum absolute atomic E-state index is 0.242. The molecule has 7 heteroatoms. The number of nitrogens with zero attached hydrogens (tertiary/aromatic N) is 1. The van der Waals surface area contributed by atoms with Crippen LogP contribution < -0.4 is 10.1 Å². The van der Waals surface area contributed by atoms with Gasteiger partial charge in [0.05, 0.1) is 5.39 Å². The molecule has 1 aliphatic rings. The third-order valence-electron chi connectivity index (χ3n) is 4.15. The summed E-state index contributed by atoms with van der Waals surface area (Å²) in [5.41, 5.74) is 2.31. The second kappa shape index (κ2) is 5.98. The van der Waals surface area contributed by atoms with Crippen LogP contribution >= 0.6 is 0 Å². The summed E-state index contributed by atoms with van der Waals surface area (Å²) in [6.07, 6.45) is -2.22. The van der Waals surface area contributed by atoms with Gasteiger partial charge in [-0.15, -0.1) is 13.2 Å². The van der Waals surface area contributed by atoms with Crippen molar-refractivity contribution in [2.75, 3.05) is 11.9 Å². The van der Waals surface area contributed by atoms with E-state index in [1.165, 1.54) is 25.0 Å². The first kappa shape index (κ1) is 15.8. The third kappa shape index (κ3) is 3.70. The standard InChI is InChI=1S/C18H15F3N2O2/c19-18(20,21)24-14-6-3-12(4-7-14)13-5-8-16-15(9-13)17(23-25-16)22-10-11-1-2-11/h3-9,11H,1-2,10H2,(H,22,23). The summed E-state index contributed by atoms with van der Waals surface area (Å²) in [5.74, 6) is 1.16. The zero-order valence-corrected chi connectivity index (χ0v) is 13.1. The first-order chi connectivity index (χ1) is 12.0. The molecule has 0 radical (unpaired) electrons. The molecule has 0 amide bonds. The first-order valence-electron chi connectivity index (χ1n) is 7.97. The molecule has 0 atom stereocenters. The molecule has 1 N–H and O–H groups in total. The average molecular weight is 348 g/mol. The molecule has 0 bridgehead atoms. The number of rotatable bonds is 5. The maximum atomic E-state index is 12.2. The molecule has 0 saturated heterocycles. The van der Waals surface area contributed by atoms with E-state index in [4.69, 9.17) is 4.52 Å². The molecule has 1 fully saturated rings. The zero-order valence-electron chi connectivity index (χ0n) is 13.1. The second-order valence-corrected chi connectivity index (χ2v) is 6.14. The minimum Gasteiger partial charge on any atom is -0.406 e. The van der Waals surface area contributed by atoms with E-state index in [9.17, 15) is 13.2 Å². The molecule has 4 rings (SSSR count). The van der Waals surface area contributed by atoms with Gasteiger partial charge in [-0.05, 0) is 54.2 Å². The Morgan fingerprint density at radius 1 is 1.08 bits per heavy atom. The molecule has 3 aromatic rings. The van der Waals surface area contributed by atoms with Crippen molar-refractivity contribution in [3.8, 4) is 16.9 Å². The van der Waals surface area contributed by atoms with E-state index in [-0.39, 0.29) is 5.75 Å². The number of aromatic nitrogens is 1. The number of halogens is 3. The molecule has 0 aliphatic heterocycles. The SMILES string of the molecule is FC(F)(F)Oc1ccc(-c2ccc3onc(NCC4CC4)c3c2)cc1. The number of fused-ring (bicyclic) bond motifs is 1. The van der Waals surface area contributed by atoms with Crippen molar-refractivity contribution >= 4 is 16.8 Å². The molecule has 0 unspecified atom stereocenters. The van der Waals surface area contributed by atoms with E-state index >= 15 is 0 Å². The minimum atomic E-state index is -4.69. The second-order valence-electron chi connectivity index (χ2n) is 6.14. The summed E-state index contributed by atoms with van der Waals surface area (Å²) >= 11 is 0. The van der Waals surface area contributed by atoms with E-state index in [0.29, 0.717) is 17.3 Å². The fourth-order valence-corrected chi connectivity index (χ4v) is 2.66. The fourth-order valence-electron chi connectivity index (χ4n) is 2.66. The predicted molar refractivity (Wildman–Crippen MR) is 87.3 cm³/mol. The first-order valence-corrected chi connectivity index (χ1v) is 7.97. The molecular weight excluding hydrogens is 333 g/mol. The van der Waals surface area contributed by atoms with Gasteiger partial charge in [0.25, 0.3) is 0 Å². The number of anilines is 1. The van der Waals surface area contributed by atoms with E-state index in [1.807, 2.05) is 12.1 Å². The van der Waals surface area contributed by atoms with Crippen molar-refractivity contribution in [3.63, 3.8) is 0 Å². The van der Waals surface area contributed by atoms with Gasteiger partial charge >= 0.3 is 6.36 Å². The number of benzene rings is 2. The summed E-state index contributed by atoms with van der Waals surface area (Å²) in [6, 6.07) is 11.3. The van der Waals surface area contributed by atoms with Gasteiger partial charge in [-0.1, -0.05) is 23.4 Å². The Balaban J connectivity index is 1.58. The van der Waals surface area contributed by atoms with E-state index in [1.54, 1.807) is 18.2 Å². The number of hydrogen-bond donors (Lipinski definition) is 1. The van der Waals surface area contributed by atoms with Crippen molar-refractivity contribution in [2.45, 2.75) is 19.2 Å². The number of ether oxygens (including phenoxy) is 1. The Morgan fingerprint density at radius 3 is 2.48 bits per heavy atom. The molecule has 1 heterocycles. The van der Waals surface area contributed by atoms with Crippen LogP contribution in [0.4, 0.5) is 19.0 Å². The summed E-state index contributed by atoms with van der Waals surface area (Å²) in [7, 11) is 0. The average Bonchev–Trinajstić information content (AvgIpc) is 3.31. The number of hydrogen-bond acceptors (Lipinski definition) is 4. The highest BCUT2D eigenvalue weighted by atomic mass is 19.4. The van der Waals surface area contributed by atoms with Gasteiger partial charge < -0.3 is 14.6 Å². The summed E-state index contributed by atoms with van der Waals surface area (Å²) in [4.78, 5) is 0. The maximum absolute atomic E-state index is 12.2. The van der Waals surface area contributed by atoms with Crippen LogP contribution in [0, 0.1) is 5.92 Å². The van der Waals surface area contributed by atoms with Crippen molar-refractivity contribution in [3.05, 3.63) is 42.5 Å². The topological polar surface area (TPSA) is 47.3 Å². The molecule has 4 nitrogen and oxygen atoms in total. The van der Waals surface area contributed by atoms with Gasteiger partial charge in [-0.2, -0.15) is 0 Å². The quantitative estimate of drug-likeness (QED) is 0.687. The van der Waals surface area contributed by atoms with Crippen LogP contribution in [0.3, 0.4) is 0 Å². The molecule has 25 heavy (non-hydrogen) atoms. The molecule has 1 aliphatic carbocycles. The summed E-state index contributed by atoms with van der Waals surface area (Å²) < 4.78 is 45.9. The van der Waals surface area contributed by atoms with E-state index in [0.717, 1.165) is 23.1 Å². The van der Waals surface area contributed by atoms with Crippen LogP contribution in [0.1, 0.15) is 12.8 Å². The number of nitrogens with one attached hydrogen (secondary N) is 1. The largest absolute Gasteiger partial charge is 0.573 e. The normalized spacial score (nSPS) is 14.7. The van der Waals surface area contributed by atoms with Gasteiger partial charge in [0.1, 0.15) is 5.75 Å². The molecule has 0 spiro atoms. The number of alkyl halides is 3. The predicted octanol–water partition coefficient (Wildman–Crippen LogP) is 5.22. The maximum Gasteiger partial charge on any atom is 0.573 e. The molecule has 1 saturated carbocycles. The Morgan fingerprint density at radius 2 is 1.80 bits per heavy atom. The van der Waals surface area contributed by atoms with Crippen molar-refractivity contribution < 1.29 is 22.4 Å². The molecular formula is C18H15F3N2O2. The van der Waals surface area contributed by atoms with Crippen LogP contribution in [0.2, 0.25) is 0 Å². The Kier molecular flexibility index (Phi) is 3.78. The highest BCUT2D eigenvalue weighted by Crippen LogP contribution is 2.33. The van der Waals surface area contributed by atoms with Gasteiger partial charge in [-0.25, -0.2) is 0 Å². The van der Waals surface area contributed by atoms with Gasteiger partial charge in [0.15, 0.2) is 11.4 Å². The Labute approximate surface area is 141 Å². The monoisotopic (exact) mass is 348 g/mol. The highest BCUT2D eigenvalue weighted by Gasteiger charge is 2.31. The van der Waals surface area contributed by atoms with Crippen LogP contribution in [0.5, 0.6) is 5.75 Å². The summed E-state index contributed by atoms with van der Waals surface area (Å²) in [6.45, 7) is 0.870. The Hall–Kier alpha value is -2.70. The fraction of sp³-hybridized carbons (Fsp3) is 0.278. The lowest BCUT2D eigenvalue weighted by Gasteiger charge is -2.09. The summed E-state index contributed by atoms with van der Waals surface area (Å²) in [5, 5.41) is 8.20. The third-order valence-corrected chi connectivity index (χ3v) is 4.15. The van der Waals surface area contributed by atoms with Crippen LogP contribution in [0.15, 0.2) is 47.0 Å². The smallest absolute Gasteiger partial charge is 0.406 e. The van der Waals surface area contributed by atoms with Gasteiger partial charge in [0.2, 0.25) is 0 Å². The van der Waals surface area contributed by atoms with Crippen LogP contribution in [0.25, 0.3) is 22.1 Å². The molecule has 2 aromatic carbocycles. The van der Waals surface area contributed by atoms with E-state index in [2.05, 4.69) is 15.2 Å². The van der Waals surface area contributed by atoms with Crippen LogP contribution in [-0.4, -0.2) is 18.1 Å². The molecule has 130 valence electrons. The van der Waals surface area contributed by atoms with Gasteiger partial charge in [-0.3, -0.25) is 0 Å². The van der Waals surface area contributed by atoms with Crippen molar-refractivity contribution in [1.29, 1.82) is 0 Å².